The van der Waals surface area contributed by atoms with Gasteiger partial charge in [-0.05, 0) is 25.3 Å². The second-order valence-corrected chi connectivity index (χ2v) is 3.43. The van der Waals surface area contributed by atoms with E-state index in [1.807, 2.05) is 10.9 Å². The number of rotatable bonds is 4. The van der Waals surface area contributed by atoms with Crippen LogP contribution in [0.1, 0.15) is 19.3 Å². The van der Waals surface area contributed by atoms with Gasteiger partial charge in [-0.3, -0.25) is 4.68 Å². The van der Waals surface area contributed by atoms with Crippen molar-refractivity contribution in [1.29, 1.82) is 0 Å². The highest BCUT2D eigenvalue weighted by Gasteiger charge is 2.17. The van der Waals surface area contributed by atoms with E-state index in [1.54, 1.807) is 6.07 Å². The number of aromatic nitrogens is 2. The molecule has 0 amide bonds. The number of ether oxygens (including phenoxy) is 1. The summed E-state index contributed by atoms with van der Waals surface area (Å²) in [6.07, 6.45) is 6.15. The zero-order valence-electron chi connectivity index (χ0n) is 7.65. The van der Waals surface area contributed by atoms with Crippen molar-refractivity contribution in [3.63, 3.8) is 0 Å². The van der Waals surface area contributed by atoms with Crippen LogP contribution in [0.25, 0.3) is 0 Å². The van der Waals surface area contributed by atoms with Crippen molar-refractivity contribution in [3.05, 3.63) is 12.3 Å². The fourth-order valence-electron chi connectivity index (χ4n) is 1.35. The highest BCUT2D eigenvalue weighted by molar-refractivity contribution is 5.23. The number of hydrogen-bond donors (Lipinski definition) is 1. The van der Waals surface area contributed by atoms with Crippen LogP contribution >= 0.6 is 0 Å². The van der Waals surface area contributed by atoms with Gasteiger partial charge in [0.05, 0.1) is 19.3 Å². The lowest BCUT2D eigenvalue weighted by Crippen LogP contribution is -2.23. The molecule has 0 radical (unpaired) electrons. The van der Waals surface area contributed by atoms with E-state index >= 15 is 0 Å². The van der Waals surface area contributed by atoms with E-state index in [-0.39, 0.29) is 0 Å². The average molecular weight is 181 g/mol. The number of nitrogens with two attached hydrogens (primary N) is 1. The molecule has 0 aromatic carbocycles. The Labute approximate surface area is 77.7 Å². The molecule has 1 aromatic rings. The van der Waals surface area contributed by atoms with E-state index in [2.05, 4.69) is 5.10 Å². The summed E-state index contributed by atoms with van der Waals surface area (Å²) >= 11 is 0. The van der Waals surface area contributed by atoms with Gasteiger partial charge in [-0.2, -0.15) is 5.10 Å². The van der Waals surface area contributed by atoms with Gasteiger partial charge in [0.2, 0.25) is 0 Å². The fourth-order valence-corrected chi connectivity index (χ4v) is 1.35. The Balaban J connectivity index is 1.67. The molecule has 0 unspecified atom stereocenters. The van der Waals surface area contributed by atoms with Crippen LogP contribution in [-0.4, -0.2) is 22.5 Å². The highest BCUT2D eigenvalue weighted by atomic mass is 16.5. The van der Waals surface area contributed by atoms with E-state index in [4.69, 9.17) is 10.5 Å². The number of nitrogen functional groups attached to an aromatic ring is 1. The van der Waals surface area contributed by atoms with Gasteiger partial charge in [0.25, 0.3) is 0 Å². The Morgan fingerprint density at radius 3 is 3.00 bits per heavy atom. The predicted molar refractivity (Wildman–Crippen MR) is 50.2 cm³/mol. The number of hydrogen-bond acceptors (Lipinski definition) is 3. The summed E-state index contributed by atoms with van der Waals surface area (Å²) in [6, 6.07) is 1.79. The summed E-state index contributed by atoms with van der Waals surface area (Å²) in [4.78, 5) is 0. The standard InChI is InChI=1S/C9H15N3O/c10-9-4-5-12(11-9)6-7-13-8-2-1-3-8/h4-5,8H,1-3,6-7H2,(H2,10,11). The summed E-state index contributed by atoms with van der Waals surface area (Å²) < 4.78 is 7.40. The van der Waals surface area contributed by atoms with Crippen molar-refractivity contribution < 1.29 is 4.74 Å². The van der Waals surface area contributed by atoms with Gasteiger partial charge in [-0.15, -0.1) is 0 Å². The maximum Gasteiger partial charge on any atom is 0.145 e. The van der Waals surface area contributed by atoms with Crippen LogP contribution in [0.15, 0.2) is 12.3 Å². The summed E-state index contributed by atoms with van der Waals surface area (Å²) in [7, 11) is 0. The molecule has 2 rings (SSSR count). The summed E-state index contributed by atoms with van der Waals surface area (Å²) in [5.74, 6) is 0.573. The van der Waals surface area contributed by atoms with Gasteiger partial charge in [0, 0.05) is 6.20 Å². The quantitative estimate of drug-likeness (QED) is 0.755. The molecular weight excluding hydrogens is 166 g/mol. The third-order valence-corrected chi connectivity index (χ3v) is 2.39. The van der Waals surface area contributed by atoms with Gasteiger partial charge in [-0.25, -0.2) is 0 Å². The van der Waals surface area contributed by atoms with Gasteiger partial charge in [0.15, 0.2) is 0 Å². The Kier molecular flexibility index (Phi) is 2.49. The second kappa shape index (κ2) is 3.79. The van der Waals surface area contributed by atoms with E-state index in [0.717, 1.165) is 13.2 Å². The molecule has 1 aliphatic rings. The Hall–Kier alpha value is -1.03. The molecule has 0 atom stereocenters. The fraction of sp³-hybridized carbons (Fsp3) is 0.667. The first kappa shape index (κ1) is 8.56. The lowest BCUT2D eigenvalue weighted by atomic mass is 9.96. The van der Waals surface area contributed by atoms with Crippen molar-refractivity contribution >= 4 is 5.82 Å². The Bertz CT molecular complexity index is 268. The van der Waals surface area contributed by atoms with Crippen molar-refractivity contribution in [2.45, 2.75) is 31.9 Å². The van der Waals surface area contributed by atoms with Gasteiger partial charge in [-0.1, -0.05) is 0 Å². The molecule has 4 nitrogen and oxygen atoms in total. The van der Waals surface area contributed by atoms with Crippen LogP contribution < -0.4 is 5.73 Å². The van der Waals surface area contributed by atoms with E-state index < -0.39 is 0 Å². The second-order valence-electron chi connectivity index (χ2n) is 3.43. The maximum absolute atomic E-state index is 5.59. The summed E-state index contributed by atoms with van der Waals surface area (Å²) in [5.41, 5.74) is 5.47. The zero-order chi connectivity index (χ0) is 9.10. The first-order valence-electron chi connectivity index (χ1n) is 4.75. The topological polar surface area (TPSA) is 53.1 Å². The SMILES string of the molecule is Nc1ccn(CCOC2CCC2)n1. The smallest absolute Gasteiger partial charge is 0.145 e. The first-order chi connectivity index (χ1) is 6.34. The first-order valence-corrected chi connectivity index (χ1v) is 4.75. The molecule has 1 saturated carbocycles. The molecule has 0 spiro atoms. The Morgan fingerprint density at radius 2 is 2.46 bits per heavy atom. The highest BCUT2D eigenvalue weighted by Crippen LogP contribution is 2.21. The largest absolute Gasteiger partial charge is 0.382 e. The van der Waals surface area contributed by atoms with Gasteiger partial charge < -0.3 is 10.5 Å². The molecule has 0 aliphatic heterocycles. The van der Waals surface area contributed by atoms with E-state index in [9.17, 15) is 0 Å². The average Bonchev–Trinajstić information content (AvgIpc) is 2.42. The van der Waals surface area contributed by atoms with Gasteiger partial charge >= 0.3 is 0 Å². The molecule has 4 heteroatoms. The Morgan fingerprint density at radius 1 is 1.62 bits per heavy atom. The molecule has 0 bridgehead atoms. The molecule has 0 saturated heterocycles. The molecule has 2 N–H and O–H groups in total. The molecule has 1 aliphatic carbocycles. The molecule has 1 heterocycles. The van der Waals surface area contributed by atoms with Crippen molar-refractivity contribution in [3.8, 4) is 0 Å². The van der Waals surface area contributed by atoms with Crippen LogP contribution in [0.5, 0.6) is 0 Å². The molecule has 72 valence electrons. The summed E-state index contributed by atoms with van der Waals surface area (Å²) in [5, 5.41) is 4.07. The summed E-state index contributed by atoms with van der Waals surface area (Å²) in [6.45, 7) is 1.54. The maximum atomic E-state index is 5.59. The third-order valence-electron chi connectivity index (χ3n) is 2.39. The minimum absolute atomic E-state index is 0.507. The number of anilines is 1. The normalized spacial score (nSPS) is 17.2. The van der Waals surface area contributed by atoms with Crippen molar-refractivity contribution in [2.75, 3.05) is 12.3 Å². The zero-order valence-corrected chi connectivity index (χ0v) is 7.65. The molecule has 1 aromatic heterocycles. The minimum atomic E-state index is 0.507. The lowest BCUT2D eigenvalue weighted by Gasteiger charge is -2.25. The van der Waals surface area contributed by atoms with Crippen LogP contribution in [-0.2, 0) is 11.3 Å². The van der Waals surface area contributed by atoms with Gasteiger partial charge in [0.1, 0.15) is 5.82 Å². The lowest BCUT2D eigenvalue weighted by molar-refractivity contribution is -0.00231. The van der Waals surface area contributed by atoms with Crippen LogP contribution in [0, 0.1) is 0 Å². The van der Waals surface area contributed by atoms with Crippen LogP contribution in [0.2, 0.25) is 0 Å². The molecule has 1 fully saturated rings. The van der Waals surface area contributed by atoms with E-state index in [0.29, 0.717) is 11.9 Å². The molecular formula is C9H15N3O. The predicted octanol–water partition coefficient (Wildman–Crippen LogP) is 1.03. The number of nitrogens with zero attached hydrogens (tertiary/aromatic N) is 2. The minimum Gasteiger partial charge on any atom is -0.382 e. The molecule has 13 heavy (non-hydrogen) atoms. The third kappa shape index (κ3) is 2.21. The van der Waals surface area contributed by atoms with Crippen molar-refractivity contribution in [2.24, 2.45) is 0 Å². The van der Waals surface area contributed by atoms with Crippen LogP contribution in [0.4, 0.5) is 5.82 Å². The van der Waals surface area contributed by atoms with Crippen molar-refractivity contribution in [1.82, 2.24) is 9.78 Å². The van der Waals surface area contributed by atoms with E-state index in [1.165, 1.54) is 19.3 Å². The monoisotopic (exact) mass is 181 g/mol. The van der Waals surface area contributed by atoms with Crippen LogP contribution in [0.3, 0.4) is 0 Å².